The van der Waals surface area contributed by atoms with Crippen LogP contribution in [0.1, 0.15) is 53.4 Å². The summed E-state index contributed by atoms with van der Waals surface area (Å²) in [4.78, 5) is 0. The van der Waals surface area contributed by atoms with Crippen LogP contribution in [-0.4, -0.2) is 61.1 Å². The zero-order valence-corrected chi connectivity index (χ0v) is 15.1. The van der Waals surface area contributed by atoms with Gasteiger partial charge in [-0.2, -0.15) is 0 Å². The molecule has 0 aromatic rings. The van der Waals surface area contributed by atoms with E-state index < -0.39 is 12.2 Å². The van der Waals surface area contributed by atoms with Gasteiger partial charge in [0.15, 0.2) is 0 Å². The predicted molar refractivity (Wildman–Crippen MR) is 88.3 cm³/mol. The third-order valence-corrected chi connectivity index (χ3v) is 6.00. The van der Waals surface area contributed by atoms with Crippen LogP contribution < -0.4 is 0 Å². The summed E-state index contributed by atoms with van der Waals surface area (Å²) in [5, 5.41) is 21.2. The highest BCUT2D eigenvalue weighted by atomic mass is 16.6. The quantitative estimate of drug-likeness (QED) is 0.642. The van der Waals surface area contributed by atoms with E-state index in [-0.39, 0.29) is 23.0 Å². The minimum Gasteiger partial charge on any atom is -0.390 e. The standard InChI is InChI=1S/C18H34O5/c1-5-13(19)15(17(7-3)9-21-10-17)23-16(14(20)6-2)18(8-4)11-22-12-18/h13-16,19-20H,5-12H2,1-4H3. The van der Waals surface area contributed by atoms with Crippen molar-refractivity contribution >= 4 is 0 Å². The Labute approximate surface area is 140 Å². The maximum absolute atomic E-state index is 10.6. The molecular formula is C18H34O5. The van der Waals surface area contributed by atoms with Gasteiger partial charge in [0.25, 0.3) is 0 Å². The summed E-state index contributed by atoms with van der Waals surface area (Å²) in [5.41, 5.74) is -0.276. The first kappa shape index (κ1) is 19.1. The fraction of sp³-hybridized carbons (Fsp3) is 1.00. The van der Waals surface area contributed by atoms with E-state index in [1.807, 2.05) is 13.8 Å². The highest BCUT2D eigenvalue weighted by molar-refractivity contribution is 5.00. The lowest BCUT2D eigenvalue weighted by molar-refractivity contribution is -0.283. The van der Waals surface area contributed by atoms with Crippen LogP contribution in [0.3, 0.4) is 0 Å². The molecule has 2 rings (SSSR count). The lowest BCUT2D eigenvalue weighted by Crippen LogP contribution is -2.63. The van der Waals surface area contributed by atoms with Gasteiger partial charge in [-0.05, 0) is 25.7 Å². The summed E-state index contributed by atoms with van der Waals surface area (Å²) in [7, 11) is 0. The molecule has 5 heteroatoms. The second-order valence-corrected chi connectivity index (χ2v) is 7.35. The van der Waals surface area contributed by atoms with Gasteiger partial charge in [-0.1, -0.05) is 27.7 Å². The molecule has 0 bridgehead atoms. The maximum atomic E-state index is 10.6. The third-order valence-electron chi connectivity index (χ3n) is 6.00. The monoisotopic (exact) mass is 330 g/mol. The van der Waals surface area contributed by atoms with Crippen molar-refractivity contribution in [3.63, 3.8) is 0 Å². The molecule has 0 spiro atoms. The van der Waals surface area contributed by atoms with Gasteiger partial charge in [0.2, 0.25) is 0 Å². The van der Waals surface area contributed by atoms with Gasteiger partial charge in [-0.15, -0.1) is 0 Å². The molecule has 0 aromatic heterocycles. The Balaban J connectivity index is 2.23. The van der Waals surface area contributed by atoms with Crippen molar-refractivity contribution in [1.82, 2.24) is 0 Å². The largest absolute Gasteiger partial charge is 0.390 e. The predicted octanol–water partition coefficient (Wildman–Crippen LogP) is 2.14. The molecule has 2 aliphatic rings. The molecular weight excluding hydrogens is 296 g/mol. The van der Waals surface area contributed by atoms with E-state index >= 15 is 0 Å². The highest BCUT2D eigenvalue weighted by Crippen LogP contribution is 2.44. The van der Waals surface area contributed by atoms with Crippen molar-refractivity contribution in [2.45, 2.75) is 77.8 Å². The van der Waals surface area contributed by atoms with Crippen LogP contribution in [0.5, 0.6) is 0 Å². The number of ether oxygens (including phenoxy) is 3. The van der Waals surface area contributed by atoms with Crippen molar-refractivity contribution in [2.75, 3.05) is 26.4 Å². The summed E-state index contributed by atoms with van der Waals surface area (Å²) < 4.78 is 17.4. The molecule has 5 nitrogen and oxygen atoms in total. The van der Waals surface area contributed by atoms with E-state index in [9.17, 15) is 10.2 Å². The molecule has 2 N–H and O–H groups in total. The molecule has 4 unspecified atom stereocenters. The smallest absolute Gasteiger partial charge is 0.0939 e. The normalized spacial score (nSPS) is 27.4. The van der Waals surface area contributed by atoms with Crippen LogP contribution >= 0.6 is 0 Å². The zero-order valence-electron chi connectivity index (χ0n) is 15.1. The van der Waals surface area contributed by atoms with Crippen molar-refractivity contribution < 1.29 is 24.4 Å². The Morgan fingerprint density at radius 2 is 1.13 bits per heavy atom. The summed E-state index contributed by atoms with van der Waals surface area (Å²) in [6, 6.07) is 0. The Hall–Kier alpha value is -0.200. The zero-order chi connectivity index (χ0) is 17.1. The van der Waals surface area contributed by atoms with Crippen molar-refractivity contribution in [3.8, 4) is 0 Å². The van der Waals surface area contributed by atoms with Crippen LogP contribution in [0.15, 0.2) is 0 Å². The average Bonchev–Trinajstić information content (AvgIpc) is 2.49. The molecule has 136 valence electrons. The number of hydrogen-bond acceptors (Lipinski definition) is 5. The van der Waals surface area contributed by atoms with E-state index in [0.29, 0.717) is 39.3 Å². The highest BCUT2D eigenvalue weighted by Gasteiger charge is 2.54. The van der Waals surface area contributed by atoms with Gasteiger partial charge in [0, 0.05) is 10.8 Å². The van der Waals surface area contributed by atoms with E-state index in [0.717, 1.165) is 12.8 Å². The first-order chi connectivity index (χ1) is 11.0. The van der Waals surface area contributed by atoms with Gasteiger partial charge in [0.05, 0.1) is 50.8 Å². The summed E-state index contributed by atoms with van der Waals surface area (Å²) in [6.45, 7) is 10.7. The minimum absolute atomic E-state index is 0.138. The second kappa shape index (κ2) is 7.79. The second-order valence-electron chi connectivity index (χ2n) is 7.35. The Morgan fingerprint density at radius 3 is 1.30 bits per heavy atom. The first-order valence-electron chi connectivity index (χ1n) is 9.15. The number of rotatable bonds is 10. The van der Waals surface area contributed by atoms with Gasteiger partial charge in [-0.3, -0.25) is 0 Å². The van der Waals surface area contributed by atoms with Gasteiger partial charge in [-0.25, -0.2) is 0 Å². The molecule has 0 aliphatic carbocycles. The topological polar surface area (TPSA) is 68.2 Å². The Bertz CT molecular complexity index is 319. The van der Waals surface area contributed by atoms with Crippen LogP contribution in [0.2, 0.25) is 0 Å². The molecule has 2 saturated heterocycles. The lowest BCUT2D eigenvalue weighted by Gasteiger charge is -2.53. The Morgan fingerprint density at radius 1 is 0.783 bits per heavy atom. The van der Waals surface area contributed by atoms with Crippen molar-refractivity contribution in [3.05, 3.63) is 0 Å². The summed E-state index contributed by atoms with van der Waals surface area (Å²) in [6.07, 6.45) is 1.38. The maximum Gasteiger partial charge on any atom is 0.0939 e. The summed E-state index contributed by atoms with van der Waals surface area (Å²) in [5.74, 6) is 0. The third kappa shape index (κ3) is 3.45. The first-order valence-corrected chi connectivity index (χ1v) is 9.15. The molecule has 0 aromatic carbocycles. The van der Waals surface area contributed by atoms with Crippen LogP contribution in [0.25, 0.3) is 0 Å². The molecule has 0 saturated carbocycles. The fourth-order valence-corrected chi connectivity index (χ4v) is 3.74. The van der Waals surface area contributed by atoms with Crippen molar-refractivity contribution in [1.29, 1.82) is 0 Å². The number of aliphatic hydroxyl groups excluding tert-OH is 2. The minimum atomic E-state index is -0.541. The summed E-state index contributed by atoms with van der Waals surface area (Å²) >= 11 is 0. The van der Waals surface area contributed by atoms with Crippen molar-refractivity contribution in [2.24, 2.45) is 10.8 Å². The molecule has 4 atom stereocenters. The van der Waals surface area contributed by atoms with E-state index in [2.05, 4.69) is 13.8 Å². The van der Waals surface area contributed by atoms with Gasteiger partial charge < -0.3 is 24.4 Å². The molecule has 2 aliphatic heterocycles. The molecule has 0 amide bonds. The van der Waals surface area contributed by atoms with Crippen LogP contribution in [0, 0.1) is 10.8 Å². The lowest BCUT2D eigenvalue weighted by atomic mass is 9.72. The molecule has 2 fully saturated rings. The SMILES string of the molecule is CCC(O)C(OC(C(O)CC)C1(CC)COC1)C1(CC)COC1. The molecule has 2 heterocycles. The Kier molecular flexibility index (Phi) is 6.48. The van der Waals surface area contributed by atoms with Crippen LogP contribution in [0.4, 0.5) is 0 Å². The van der Waals surface area contributed by atoms with E-state index in [1.54, 1.807) is 0 Å². The molecule has 0 radical (unpaired) electrons. The van der Waals surface area contributed by atoms with Gasteiger partial charge in [0.1, 0.15) is 0 Å². The van der Waals surface area contributed by atoms with E-state index in [1.165, 1.54) is 0 Å². The fourth-order valence-electron chi connectivity index (χ4n) is 3.74. The average molecular weight is 330 g/mol. The molecule has 23 heavy (non-hydrogen) atoms. The number of aliphatic hydroxyl groups is 2. The van der Waals surface area contributed by atoms with Gasteiger partial charge >= 0.3 is 0 Å². The van der Waals surface area contributed by atoms with Crippen LogP contribution in [-0.2, 0) is 14.2 Å². The number of hydrogen-bond donors (Lipinski definition) is 2. The van der Waals surface area contributed by atoms with E-state index in [4.69, 9.17) is 14.2 Å².